The Labute approximate surface area is 117 Å². The molecule has 0 aliphatic rings. The second-order valence-corrected chi connectivity index (χ2v) is 4.42. The van der Waals surface area contributed by atoms with E-state index < -0.39 is 17.8 Å². The van der Waals surface area contributed by atoms with E-state index in [4.69, 9.17) is 5.73 Å². The molecule has 1 atom stereocenters. The van der Waals surface area contributed by atoms with Crippen LogP contribution in [0.3, 0.4) is 0 Å². The summed E-state index contributed by atoms with van der Waals surface area (Å²) in [4.78, 5) is 23.2. The highest BCUT2D eigenvalue weighted by Crippen LogP contribution is 2.05. The van der Waals surface area contributed by atoms with Crippen molar-refractivity contribution in [2.24, 2.45) is 5.73 Å². The molecule has 0 spiro atoms. The van der Waals surface area contributed by atoms with Crippen LogP contribution in [0.15, 0.2) is 24.3 Å². The second kappa shape index (κ2) is 8.27. The van der Waals surface area contributed by atoms with Gasteiger partial charge in [0.15, 0.2) is 0 Å². The van der Waals surface area contributed by atoms with Gasteiger partial charge in [-0.1, -0.05) is 25.5 Å². The van der Waals surface area contributed by atoms with Crippen molar-refractivity contribution >= 4 is 11.8 Å². The zero-order valence-electron chi connectivity index (χ0n) is 11.5. The number of rotatable bonds is 7. The summed E-state index contributed by atoms with van der Waals surface area (Å²) in [7, 11) is 0. The van der Waals surface area contributed by atoms with Crippen molar-refractivity contribution in [2.75, 3.05) is 13.1 Å². The monoisotopic (exact) mass is 281 g/mol. The molecule has 0 aliphatic carbocycles. The molecule has 1 unspecified atom stereocenters. The minimum atomic E-state index is -0.570. The van der Waals surface area contributed by atoms with E-state index in [1.807, 2.05) is 6.92 Å². The Bertz CT molecular complexity index is 465. The molecule has 0 fully saturated rings. The molecule has 0 aliphatic heterocycles. The van der Waals surface area contributed by atoms with Gasteiger partial charge in [-0.15, -0.1) is 0 Å². The zero-order chi connectivity index (χ0) is 15.0. The summed E-state index contributed by atoms with van der Waals surface area (Å²) in [5.74, 6) is -1.32. The summed E-state index contributed by atoms with van der Waals surface area (Å²) >= 11 is 0. The van der Waals surface area contributed by atoms with Gasteiger partial charge >= 0.3 is 0 Å². The van der Waals surface area contributed by atoms with Crippen LogP contribution in [-0.4, -0.2) is 30.9 Å². The highest BCUT2D eigenvalue weighted by atomic mass is 19.1. The summed E-state index contributed by atoms with van der Waals surface area (Å²) in [5, 5.41) is 5.15. The van der Waals surface area contributed by atoms with Crippen molar-refractivity contribution in [3.8, 4) is 0 Å². The fourth-order valence-corrected chi connectivity index (χ4v) is 1.68. The van der Waals surface area contributed by atoms with Gasteiger partial charge in [0, 0.05) is 13.1 Å². The first kappa shape index (κ1) is 16.1. The minimum absolute atomic E-state index is 0.0125. The molecule has 0 saturated heterocycles. The lowest BCUT2D eigenvalue weighted by atomic mass is 10.2. The van der Waals surface area contributed by atoms with E-state index in [0.717, 1.165) is 6.42 Å². The molecule has 4 N–H and O–H groups in total. The van der Waals surface area contributed by atoms with Crippen molar-refractivity contribution < 1.29 is 14.0 Å². The highest BCUT2D eigenvalue weighted by Gasteiger charge is 2.12. The van der Waals surface area contributed by atoms with Crippen LogP contribution in [0, 0.1) is 5.82 Å². The van der Waals surface area contributed by atoms with Crippen LogP contribution >= 0.6 is 0 Å². The number of benzene rings is 1. The van der Waals surface area contributed by atoms with Gasteiger partial charge in [0.25, 0.3) is 5.91 Å². The molecule has 0 saturated carbocycles. The smallest absolute Gasteiger partial charge is 0.254 e. The summed E-state index contributed by atoms with van der Waals surface area (Å²) in [6, 6.07) is 5.20. The SMILES string of the molecule is CCCC(N)C(=O)NCCNC(=O)c1ccccc1F. The van der Waals surface area contributed by atoms with E-state index in [9.17, 15) is 14.0 Å². The van der Waals surface area contributed by atoms with E-state index >= 15 is 0 Å². The van der Waals surface area contributed by atoms with Crippen LogP contribution in [0.25, 0.3) is 0 Å². The highest BCUT2D eigenvalue weighted by molar-refractivity contribution is 5.94. The van der Waals surface area contributed by atoms with Gasteiger partial charge in [-0.25, -0.2) is 4.39 Å². The number of nitrogens with two attached hydrogens (primary N) is 1. The molecular formula is C14H20FN3O2. The third kappa shape index (κ3) is 4.97. The Kier molecular flexibility index (Phi) is 6.66. The first-order valence-electron chi connectivity index (χ1n) is 6.62. The molecule has 20 heavy (non-hydrogen) atoms. The van der Waals surface area contributed by atoms with Gasteiger partial charge < -0.3 is 16.4 Å². The van der Waals surface area contributed by atoms with Gasteiger partial charge in [0.05, 0.1) is 11.6 Å². The van der Waals surface area contributed by atoms with E-state index in [0.29, 0.717) is 6.42 Å². The van der Waals surface area contributed by atoms with Crippen LogP contribution in [0.1, 0.15) is 30.1 Å². The third-order valence-electron chi connectivity index (χ3n) is 2.76. The first-order chi connectivity index (χ1) is 9.56. The first-order valence-corrected chi connectivity index (χ1v) is 6.62. The maximum atomic E-state index is 13.3. The second-order valence-electron chi connectivity index (χ2n) is 4.42. The molecule has 5 nitrogen and oxygen atoms in total. The summed E-state index contributed by atoms with van der Waals surface area (Å²) in [6.45, 7) is 2.43. The molecule has 0 aromatic heterocycles. The quantitative estimate of drug-likeness (QED) is 0.646. The lowest BCUT2D eigenvalue weighted by Gasteiger charge is -2.11. The van der Waals surface area contributed by atoms with E-state index in [-0.39, 0.29) is 24.6 Å². The number of nitrogens with one attached hydrogen (secondary N) is 2. The van der Waals surface area contributed by atoms with Crippen molar-refractivity contribution in [3.05, 3.63) is 35.6 Å². The number of amides is 2. The lowest BCUT2D eigenvalue weighted by molar-refractivity contribution is -0.122. The number of hydrogen-bond acceptors (Lipinski definition) is 3. The zero-order valence-corrected chi connectivity index (χ0v) is 11.5. The van der Waals surface area contributed by atoms with Crippen LogP contribution < -0.4 is 16.4 Å². The fourth-order valence-electron chi connectivity index (χ4n) is 1.68. The fraction of sp³-hybridized carbons (Fsp3) is 0.429. The standard InChI is InChI=1S/C14H20FN3O2/c1-2-5-12(16)14(20)18-9-8-17-13(19)10-6-3-4-7-11(10)15/h3-4,6-7,12H,2,5,8-9,16H2,1H3,(H,17,19)(H,18,20). The Morgan fingerprint density at radius 1 is 1.25 bits per heavy atom. The number of halogens is 1. The maximum absolute atomic E-state index is 13.3. The number of carbonyl (C=O) groups excluding carboxylic acids is 2. The normalized spacial score (nSPS) is 11.8. The van der Waals surface area contributed by atoms with Crippen molar-refractivity contribution in [1.82, 2.24) is 10.6 Å². The van der Waals surface area contributed by atoms with Crippen LogP contribution in [0.5, 0.6) is 0 Å². The molecule has 2 amide bonds. The van der Waals surface area contributed by atoms with Gasteiger partial charge in [-0.2, -0.15) is 0 Å². The molecule has 110 valence electrons. The molecule has 6 heteroatoms. The number of carbonyl (C=O) groups is 2. The molecule has 0 bridgehead atoms. The van der Waals surface area contributed by atoms with Gasteiger partial charge in [0.2, 0.25) is 5.91 Å². The summed E-state index contributed by atoms with van der Waals surface area (Å²) in [6.07, 6.45) is 1.45. The predicted octanol–water partition coefficient (Wildman–Crippen LogP) is 0.799. The lowest BCUT2D eigenvalue weighted by Crippen LogP contribution is -2.43. The van der Waals surface area contributed by atoms with E-state index in [1.165, 1.54) is 18.2 Å². The van der Waals surface area contributed by atoms with Crippen molar-refractivity contribution in [3.63, 3.8) is 0 Å². The van der Waals surface area contributed by atoms with Gasteiger partial charge in [0.1, 0.15) is 5.82 Å². The Morgan fingerprint density at radius 2 is 1.90 bits per heavy atom. The van der Waals surface area contributed by atoms with Gasteiger partial charge in [-0.05, 0) is 18.6 Å². The molecule has 0 heterocycles. The largest absolute Gasteiger partial charge is 0.353 e. The molecule has 1 rings (SSSR count). The summed E-state index contributed by atoms with van der Waals surface area (Å²) < 4.78 is 13.3. The Hall–Kier alpha value is -1.95. The van der Waals surface area contributed by atoms with Crippen LogP contribution in [-0.2, 0) is 4.79 Å². The Balaban J connectivity index is 2.30. The minimum Gasteiger partial charge on any atom is -0.353 e. The molecule has 1 aromatic carbocycles. The van der Waals surface area contributed by atoms with E-state index in [1.54, 1.807) is 6.07 Å². The van der Waals surface area contributed by atoms with Crippen molar-refractivity contribution in [1.29, 1.82) is 0 Å². The topological polar surface area (TPSA) is 84.2 Å². The molecule has 0 radical (unpaired) electrons. The van der Waals surface area contributed by atoms with E-state index in [2.05, 4.69) is 10.6 Å². The molecule has 1 aromatic rings. The maximum Gasteiger partial charge on any atom is 0.254 e. The van der Waals surface area contributed by atoms with Crippen molar-refractivity contribution in [2.45, 2.75) is 25.8 Å². The Morgan fingerprint density at radius 3 is 2.55 bits per heavy atom. The van der Waals surface area contributed by atoms with Crippen LogP contribution in [0.2, 0.25) is 0 Å². The third-order valence-corrected chi connectivity index (χ3v) is 2.76. The number of hydrogen-bond donors (Lipinski definition) is 3. The van der Waals surface area contributed by atoms with Crippen LogP contribution in [0.4, 0.5) is 4.39 Å². The average molecular weight is 281 g/mol. The average Bonchev–Trinajstić information content (AvgIpc) is 2.43. The molecular weight excluding hydrogens is 261 g/mol. The van der Waals surface area contributed by atoms with Gasteiger partial charge in [-0.3, -0.25) is 9.59 Å². The predicted molar refractivity (Wildman–Crippen MR) is 74.6 cm³/mol. The summed E-state index contributed by atoms with van der Waals surface area (Å²) in [5.41, 5.74) is 5.62.